The molecular formula is C13H23N. The van der Waals surface area contributed by atoms with E-state index in [1.807, 2.05) is 0 Å². The molecule has 14 heavy (non-hydrogen) atoms. The highest BCUT2D eigenvalue weighted by atomic mass is 14.5. The maximum Gasteiger partial charge on any atom is 0.0656 e. The van der Waals surface area contributed by atoms with Gasteiger partial charge < -0.3 is 0 Å². The molecule has 1 aliphatic rings. The van der Waals surface area contributed by atoms with Crippen molar-refractivity contribution in [3.63, 3.8) is 0 Å². The topological polar surface area (TPSA) is 23.8 Å². The SMILES string of the molecule is CC(C)C1CC(C#N)CC1C(C)(C)C. The first-order valence-corrected chi connectivity index (χ1v) is 5.76. The summed E-state index contributed by atoms with van der Waals surface area (Å²) in [6.07, 6.45) is 2.24. The maximum absolute atomic E-state index is 9.00. The van der Waals surface area contributed by atoms with Gasteiger partial charge in [0.2, 0.25) is 0 Å². The Hall–Kier alpha value is -0.510. The minimum atomic E-state index is 0.312. The van der Waals surface area contributed by atoms with E-state index < -0.39 is 0 Å². The van der Waals surface area contributed by atoms with Gasteiger partial charge in [0.05, 0.1) is 6.07 Å². The molecule has 0 aromatic heterocycles. The standard InChI is InChI=1S/C13H23N/c1-9(2)11-6-10(8-14)7-12(11)13(3,4)5/h9-12H,6-7H2,1-5H3. The van der Waals surface area contributed by atoms with Crippen LogP contribution in [-0.4, -0.2) is 0 Å². The van der Waals surface area contributed by atoms with Crippen molar-refractivity contribution in [1.29, 1.82) is 5.26 Å². The van der Waals surface area contributed by atoms with Crippen LogP contribution in [0.15, 0.2) is 0 Å². The number of nitriles is 1. The van der Waals surface area contributed by atoms with Gasteiger partial charge in [-0.2, -0.15) is 5.26 Å². The third-order valence-electron chi connectivity index (χ3n) is 3.76. The van der Waals surface area contributed by atoms with Gasteiger partial charge in [0, 0.05) is 5.92 Å². The van der Waals surface area contributed by atoms with Crippen molar-refractivity contribution < 1.29 is 0 Å². The molecule has 1 rings (SSSR count). The lowest BCUT2D eigenvalue weighted by Crippen LogP contribution is -2.26. The van der Waals surface area contributed by atoms with Crippen LogP contribution < -0.4 is 0 Å². The van der Waals surface area contributed by atoms with E-state index in [1.165, 1.54) is 0 Å². The fourth-order valence-electron chi connectivity index (χ4n) is 2.91. The number of hydrogen-bond acceptors (Lipinski definition) is 1. The Labute approximate surface area is 88.5 Å². The fraction of sp³-hybridized carbons (Fsp3) is 0.923. The summed E-state index contributed by atoms with van der Waals surface area (Å²) in [5, 5.41) is 9.00. The minimum absolute atomic E-state index is 0.312. The van der Waals surface area contributed by atoms with Crippen LogP contribution in [0.3, 0.4) is 0 Å². The Morgan fingerprint density at radius 2 is 1.79 bits per heavy atom. The van der Waals surface area contributed by atoms with Crippen LogP contribution in [0.25, 0.3) is 0 Å². The zero-order valence-corrected chi connectivity index (χ0v) is 10.2. The van der Waals surface area contributed by atoms with Crippen molar-refractivity contribution in [1.82, 2.24) is 0 Å². The quantitative estimate of drug-likeness (QED) is 0.620. The molecule has 80 valence electrons. The van der Waals surface area contributed by atoms with E-state index >= 15 is 0 Å². The molecule has 0 amide bonds. The van der Waals surface area contributed by atoms with E-state index in [1.54, 1.807) is 0 Å². The Kier molecular flexibility index (Phi) is 3.24. The summed E-state index contributed by atoms with van der Waals surface area (Å²) in [4.78, 5) is 0. The van der Waals surface area contributed by atoms with Crippen molar-refractivity contribution in [3.8, 4) is 6.07 Å². The third kappa shape index (κ3) is 2.29. The minimum Gasteiger partial charge on any atom is -0.198 e. The van der Waals surface area contributed by atoms with Crippen LogP contribution >= 0.6 is 0 Å². The third-order valence-corrected chi connectivity index (χ3v) is 3.76. The number of hydrogen-bond donors (Lipinski definition) is 0. The monoisotopic (exact) mass is 193 g/mol. The summed E-state index contributed by atoms with van der Waals surface area (Å²) in [6.45, 7) is 11.5. The molecule has 0 N–H and O–H groups in total. The van der Waals surface area contributed by atoms with Crippen molar-refractivity contribution in [3.05, 3.63) is 0 Å². The Balaban J connectivity index is 2.79. The zero-order chi connectivity index (χ0) is 10.9. The summed E-state index contributed by atoms with van der Waals surface area (Å²) in [6, 6.07) is 2.45. The Morgan fingerprint density at radius 1 is 1.21 bits per heavy atom. The zero-order valence-electron chi connectivity index (χ0n) is 10.2. The van der Waals surface area contributed by atoms with Gasteiger partial charge in [-0.1, -0.05) is 34.6 Å². The summed E-state index contributed by atoms with van der Waals surface area (Å²) >= 11 is 0. The molecule has 0 bridgehead atoms. The van der Waals surface area contributed by atoms with Crippen LogP contribution in [0.2, 0.25) is 0 Å². The maximum atomic E-state index is 9.00. The molecule has 0 heterocycles. The van der Waals surface area contributed by atoms with Gasteiger partial charge in [0.25, 0.3) is 0 Å². The van der Waals surface area contributed by atoms with Crippen molar-refractivity contribution in [2.75, 3.05) is 0 Å². The fourth-order valence-corrected chi connectivity index (χ4v) is 2.91. The predicted molar refractivity (Wildman–Crippen MR) is 59.6 cm³/mol. The van der Waals surface area contributed by atoms with Gasteiger partial charge in [-0.05, 0) is 36.0 Å². The molecule has 1 fully saturated rings. The van der Waals surface area contributed by atoms with Gasteiger partial charge in [0.15, 0.2) is 0 Å². The summed E-state index contributed by atoms with van der Waals surface area (Å²) in [7, 11) is 0. The first kappa shape index (κ1) is 11.6. The molecule has 0 aliphatic heterocycles. The van der Waals surface area contributed by atoms with Gasteiger partial charge in [-0.15, -0.1) is 0 Å². The predicted octanol–water partition coefficient (Wildman–Crippen LogP) is 3.85. The first-order chi connectivity index (χ1) is 6.36. The molecule has 0 aromatic carbocycles. The van der Waals surface area contributed by atoms with E-state index in [-0.39, 0.29) is 0 Å². The molecule has 1 aliphatic carbocycles. The Bertz CT molecular complexity index is 229. The van der Waals surface area contributed by atoms with Crippen LogP contribution in [0, 0.1) is 40.4 Å². The average Bonchev–Trinajstić information content (AvgIpc) is 2.46. The van der Waals surface area contributed by atoms with Crippen LogP contribution in [0.1, 0.15) is 47.5 Å². The van der Waals surface area contributed by atoms with E-state index in [0.717, 1.165) is 30.6 Å². The van der Waals surface area contributed by atoms with E-state index in [9.17, 15) is 0 Å². The lowest BCUT2D eigenvalue weighted by atomic mass is 9.71. The highest BCUT2D eigenvalue weighted by Crippen LogP contribution is 2.48. The van der Waals surface area contributed by atoms with E-state index in [2.05, 4.69) is 40.7 Å². The molecule has 0 spiro atoms. The molecule has 1 nitrogen and oxygen atoms in total. The van der Waals surface area contributed by atoms with E-state index in [4.69, 9.17) is 5.26 Å². The van der Waals surface area contributed by atoms with Crippen molar-refractivity contribution in [2.24, 2.45) is 29.1 Å². The average molecular weight is 193 g/mol. The van der Waals surface area contributed by atoms with Gasteiger partial charge in [0.1, 0.15) is 0 Å². The molecule has 3 atom stereocenters. The van der Waals surface area contributed by atoms with Crippen LogP contribution in [0.4, 0.5) is 0 Å². The lowest BCUT2D eigenvalue weighted by molar-refractivity contribution is 0.151. The van der Waals surface area contributed by atoms with Gasteiger partial charge in [-0.3, -0.25) is 0 Å². The summed E-state index contributed by atoms with van der Waals surface area (Å²) < 4.78 is 0. The van der Waals surface area contributed by atoms with Crippen molar-refractivity contribution in [2.45, 2.75) is 47.5 Å². The molecule has 0 saturated heterocycles. The van der Waals surface area contributed by atoms with Crippen molar-refractivity contribution >= 4 is 0 Å². The van der Waals surface area contributed by atoms with Crippen LogP contribution in [0.5, 0.6) is 0 Å². The molecular weight excluding hydrogens is 170 g/mol. The second-order valence-corrected chi connectivity index (χ2v) is 6.18. The molecule has 0 aromatic rings. The summed E-state index contributed by atoms with van der Waals surface area (Å²) in [5.74, 6) is 2.51. The van der Waals surface area contributed by atoms with Gasteiger partial charge >= 0.3 is 0 Å². The molecule has 0 radical (unpaired) electrons. The number of rotatable bonds is 1. The number of nitrogens with zero attached hydrogens (tertiary/aromatic N) is 1. The largest absolute Gasteiger partial charge is 0.198 e. The highest BCUT2D eigenvalue weighted by Gasteiger charge is 2.41. The second kappa shape index (κ2) is 3.93. The highest BCUT2D eigenvalue weighted by molar-refractivity contribution is 4.98. The first-order valence-electron chi connectivity index (χ1n) is 5.76. The summed E-state index contributed by atoms with van der Waals surface area (Å²) in [5.41, 5.74) is 0.362. The Morgan fingerprint density at radius 3 is 2.07 bits per heavy atom. The van der Waals surface area contributed by atoms with Crippen LogP contribution in [-0.2, 0) is 0 Å². The lowest BCUT2D eigenvalue weighted by Gasteiger charge is -2.34. The smallest absolute Gasteiger partial charge is 0.0656 e. The van der Waals surface area contributed by atoms with Gasteiger partial charge in [-0.25, -0.2) is 0 Å². The van der Waals surface area contributed by atoms with E-state index in [0.29, 0.717) is 11.3 Å². The second-order valence-electron chi connectivity index (χ2n) is 6.18. The molecule has 1 heteroatoms. The normalized spacial score (nSPS) is 33.4. The molecule has 3 unspecified atom stereocenters. The molecule has 1 saturated carbocycles.